The summed E-state index contributed by atoms with van der Waals surface area (Å²) in [7, 11) is 0. The molecule has 2 aromatic rings. The van der Waals surface area contributed by atoms with Crippen LogP contribution in [0.1, 0.15) is 5.69 Å². The minimum atomic E-state index is -0.361. The zero-order valence-corrected chi connectivity index (χ0v) is 7.68. The van der Waals surface area contributed by atoms with Gasteiger partial charge in [-0.15, -0.1) is 0 Å². The average molecular weight is 199 g/mol. The van der Waals surface area contributed by atoms with Crippen molar-refractivity contribution in [2.45, 2.75) is 0 Å². The van der Waals surface area contributed by atoms with Gasteiger partial charge < -0.3 is 0 Å². The van der Waals surface area contributed by atoms with Crippen LogP contribution in [-0.4, -0.2) is 9.97 Å². The molecular formula is C11H6FN3. The summed E-state index contributed by atoms with van der Waals surface area (Å²) in [4.78, 5) is 7.63. The van der Waals surface area contributed by atoms with E-state index in [9.17, 15) is 4.39 Å². The first kappa shape index (κ1) is 9.28. The van der Waals surface area contributed by atoms with E-state index in [1.807, 2.05) is 6.07 Å². The van der Waals surface area contributed by atoms with Crippen molar-refractivity contribution in [2.24, 2.45) is 0 Å². The first-order valence-electron chi connectivity index (χ1n) is 4.28. The second-order valence-electron chi connectivity index (χ2n) is 2.88. The zero-order valence-electron chi connectivity index (χ0n) is 7.68. The van der Waals surface area contributed by atoms with E-state index in [1.165, 1.54) is 18.5 Å². The molecule has 0 aliphatic carbocycles. The van der Waals surface area contributed by atoms with Crippen LogP contribution in [0.15, 0.2) is 36.7 Å². The summed E-state index contributed by atoms with van der Waals surface area (Å²) >= 11 is 0. The van der Waals surface area contributed by atoms with E-state index in [1.54, 1.807) is 18.2 Å². The number of rotatable bonds is 1. The third kappa shape index (κ3) is 1.81. The molecule has 15 heavy (non-hydrogen) atoms. The topological polar surface area (TPSA) is 49.6 Å². The number of halogens is 1. The van der Waals surface area contributed by atoms with E-state index in [0.29, 0.717) is 11.3 Å². The first-order chi connectivity index (χ1) is 7.31. The van der Waals surface area contributed by atoms with E-state index in [-0.39, 0.29) is 11.5 Å². The van der Waals surface area contributed by atoms with Gasteiger partial charge in [-0.05, 0) is 12.1 Å². The summed E-state index contributed by atoms with van der Waals surface area (Å²) in [5, 5.41) is 8.64. The minimum Gasteiger partial charge on any atom is -0.236 e. The third-order valence-electron chi connectivity index (χ3n) is 1.93. The van der Waals surface area contributed by atoms with Crippen molar-refractivity contribution < 1.29 is 4.39 Å². The molecule has 0 radical (unpaired) electrons. The number of aromatic nitrogens is 2. The molecule has 0 unspecified atom stereocenters. The lowest BCUT2D eigenvalue weighted by molar-refractivity contribution is 0.630. The molecule has 0 amide bonds. The molecule has 1 aromatic heterocycles. The van der Waals surface area contributed by atoms with Gasteiger partial charge in [-0.25, -0.2) is 14.4 Å². The molecule has 0 aliphatic heterocycles. The molecule has 2 rings (SSSR count). The largest absolute Gasteiger partial charge is 0.236 e. The van der Waals surface area contributed by atoms with Crippen molar-refractivity contribution in [3.05, 3.63) is 48.2 Å². The summed E-state index contributed by atoms with van der Waals surface area (Å²) in [5.74, 6) is -0.361. The van der Waals surface area contributed by atoms with Crippen LogP contribution in [0.25, 0.3) is 11.3 Å². The molecule has 1 heterocycles. The second-order valence-corrected chi connectivity index (χ2v) is 2.88. The van der Waals surface area contributed by atoms with Gasteiger partial charge in [0.2, 0.25) is 0 Å². The van der Waals surface area contributed by atoms with Gasteiger partial charge in [0.25, 0.3) is 0 Å². The minimum absolute atomic E-state index is 0.225. The molecule has 0 aliphatic rings. The number of hydrogen-bond acceptors (Lipinski definition) is 3. The van der Waals surface area contributed by atoms with Gasteiger partial charge in [0.15, 0.2) is 0 Å². The van der Waals surface area contributed by atoms with Crippen molar-refractivity contribution >= 4 is 0 Å². The summed E-state index contributed by atoms with van der Waals surface area (Å²) in [5.41, 5.74) is 1.01. The number of benzene rings is 1. The molecule has 3 nitrogen and oxygen atoms in total. The monoisotopic (exact) mass is 199 g/mol. The Balaban J connectivity index is 2.55. The highest BCUT2D eigenvalue weighted by Gasteiger charge is 2.05. The maximum atomic E-state index is 13.4. The fourth-order valence-corrected chi connectivity index (χ4v) is 1.23. The predicted octanol–water partition coefficient (Wildman–Crippen LogP) is 2.15. The van der Waals surface area contributed by atoms with Crippen LogP contribution >= 0.6 is 0 Å². The van der Waals surface area contributed by atoms with Gasteiger partial charge in [-0.1, -0.05) is 12.1 Å². The van der Waals surface area contributed by atoms with Gasteiger partial charge in [-0.3, -0.25) is 0 Å². The molecule has 0 spiro atoms. The van der Waals surface area contributed by atoms with Crippen LogP contribution in [-0.2, 0) is 0 Å². The molecule has 0 N–H and O–H groups in total. The first-order valence-corrected chi connectivity index (χ1v) is 4.28. The lowest BCUT2D eigenvalue weighted by Gasteiger charge is -2.01. The summed E-state index contributed by atoms with van der Waals surface area (Å²) < 4.78 is 13.4. The Bertz CT molecular complexity index is 531. The normalized spacial score (nSPS) is 9.60. The lowest BCUT2D eigenvalue weighted by Crippen LogP contribution is -1.90. The van der Waals surface area contributed by atoms with E-state index < -0.39 is 0 Å². The van der Waals surface area contributed by atoms with Gasteiger partial charge in [0.1, 0.15) is 23.9 Å². The van der Waals surface area contributed by atoms with Crippen molar-refractivity contribution in [1.29, 1.82) is 5.26 Å². The molecule has 72 valence electrons. The number of nitrogens with zero attached hydrogens (tertiary/aromatic N) is 3. The Morgan fingerprint density at radius 2 is 2.00 bits per heavy atom. The Kier molecular flexibility index (Phi) is 2.38. The fourth-order valence-electron chi connectivity index (χ4n) is 1.23. The van der Waals surface area contributed by atoms with Crippen molar-refractivity contribution in [3.8, 4) is 17.3 Å². The quantitative estimate of drug-likeness (QED) is 0.707. The second kappa shape index (κ2) is 3.84. The molecular weight excluding hydrogens is 193 g/mol. The predicted molar refractivity (Wildman–Crippen MR) is 52.1 cm³/mol. The van der Waals surface area contributed by atoms with Crippen LogP contribution in [0.3, 0.4) is 0 Å². The van der Waals surface area contributed by atoms with E-state index in [2.05, 4.69) is 9.97 Å². The number of hydrogen-bond donors (Lipinski definition) is 0. The Hall–Kier alpha value is -2.28. The molecule has 0 atom stereocenters. The van der Waals surface area contributed by atoms with E-state index in [0.717, 1.165) is 0 Å². The average Bonchev–Trinajstić information content (AvgIpc) is 2.30. The van der Waals surface area contributed by atoms with Gasteiger partial charge >= 0.3 is 0 Å². The highest BCUT2D eigenvalue weighted by atomic mass is 19.1. The van der Waals surface area contributed by atoms with Crippen molar-refractivity contribution in [3.63, 3.8) is 0 Å². The maximum absolute atomic E-state index is 13.4. The Morgan fingerprint density at radius 3 is 2.73 bits per heavy atom. The highest BCUT2D eigenvalue weighted by Crippen LogP contribution is 2.19. The van der Waals surface area contributed by atoms with Gasteiger partial charge in [0.05, 0.1) is 5.69 Å². The molecule has 0 bridgehead atoms. The lowest BCUT2D eigenvalue weighted by atomic mass is 10.1. The van der Waals surface area contributed by atoms with Gasteiger partial charge in [-0.2, -0.15) is 5.26 Å². The van der Waals surface area contributed by atoms with Crippen LogP contribution < -0.4 is 0 Å². The van der Waals surface area contributed by atoms with Crippen molar-refractivity contribution in [2.75, 3.05) is 0 Å². The summed E-state index contributed by atoms with van der Waals surface area (Å²) in [6.07, 6.45) is 1.25. The molecule has 0 saturated heterocycles. The van der Waals surface area contributed by atoms with Crippen LogP contribution in [0.5, 0.6) is 0 Å². The fraction of sp³-hybridized carbons (Fsp3) is 0. The summed E-state index contributed by atoms with van der Waals surface area (Å²) in [6.45, 7) is 0. The van der Waals surface area contributed by atoms with Crippen molar-refractivity contribution in [1.82, 2.24) is 9.97 Å². The highest BCUT2D eigenvalue weighted by molar-refractivity contribution is 5.60. The van der Waals surface area contributed by atoms with E-state index in [4.69, 9.17) is 5.26 Å². The number of nitriles is 1. The van der Waals surface area contributed by atoms with Crippen LogP contribution in [0.4, 0.5) is 4.39 Å². The Labute approximate surface area is 85.9 Å². The molecule has 0 fully saturated rings. The Morgan fingerprint density at radius 1 is 1.20 bits per heavy atom. The standard InChI is InChI=1S/C11H6FN3/c12-10-4-2-1-3-9(10)11-5-8(6-13)14-7-15-11/h1-5,7H. The third-order valence-corrected chi connectivity index (χ3v) is 1.93. The van der Waals surface area contributed by atoms with Gasteiger partial charge in [0, 0.05) is 11.6 Å². The summed E-state index contributed by atoms with van der Waals surface area (Å²) in [6, 6.07) is 9.62. The molecule has 0 saturated carbocycles. The van der Waals surface area contributed by atoms with Crippen LogP contribution in [0, 0.1) is 17.1 Å². The van der Waals surface area contributed by atoms with Crippen LogP contribution in [0.2, 0.25) is 0 Å². The molecule has 1 aromatic carbocycles. The smallest absolute Gasteiger partial charge is 0.144 e. The maximum Gasteiger partial charge on any atom is 0.144 e. The molecule has 4 heteroatoms. The zero-order chi connectivity index (χ0) is 10.7. The van der Waals surface area contributed by atoms with E-state index >= 15 is 0 Å². The SMILES string of the molecule is N#Cc1cc(-c2ccccc2F)ncn1.